The molecular formula is C23H32N3O3+. The fourth-order valence-corrected chi connectivity index (χ4v) is 3.14. The zero-order valence-electron chi connectivity index (χ0n) is 17.5. The van der Waals surface area contributed by atoms with Crippen molar-refractivity contribution in [1.29, 1.82) is 0 Å². The number of anilines is 2. The molecule has 0 radical (unpaired) electrons. The zero-order chi connectivity index (χ0) is 21.2. The summed E-state index contributed by atoms with van der Waals surface area (Å²) < 4.78 is 0. The van der Waals surface area contributed by atoms with Gasteiger partial charge in [-0.2, -0.15) is 0 Å². The van der Waals surface area contributed by atoms with E-state index in [2.05, 4.69) is 24.5 Å². The van der Waals surface area contributed by atoms with Gasteiger partial charge in [0.25, 0.3) is 11.8 Å². The molecule has 0 saturated heterocycles. The summed E-state index contributed by atoms with van der Waals surface area (Å²) in [4.78, 5) is 25.5. The quantitative estimate of drug-likeness (QED) is 0.491. The first-order chi connectivity index (χ1) is 13.9. The number of aliphatic hydroxyl groups excluding tert-OH is 1. The molecule has 0 saturated carbocycles. The highest BCUT2D eigenvalue weighted by Gasteiger charge is 2.20. The van der Waals surface area contributed by atoms with Crippen molar-refractivity contribution in [3.05, 3.63) is 59.7 Å². The third-order valence-electron chi connectivity index (χ3n) is 4.70. The van der Waals surface area contributed by atoms with Crippen molar-refractivity contribution < 1.29 is 19.6 Å². The van der Waals surface area contributed by atoms with E-state index in [0.29, 0.717) is 11.4 Å². The monoisotopic (exact) mass is 398 g/mol. The molecule has 4 N–H and O–H groups in total. The van der Waals surface area contributed by atoms with Gasteiger partial charge < -0.3 is 20.6 Å². The summed E-state index contributed by atoms with van der Waals surface area (Å²) in [5, 5.41) is 15.5. The Hall–Kier alpha value is -2.70. The SMILES string of the molecule is CCc1ccc(NC(=O)C[NH+](CC(=O)Nc2ccc(CC)cc2)C[C@H](C)O)cc1. The smallest absolute Gasteiger partial charge is 0.279 e. The van der Waals surface area contributed by atoms with E-state index in [4.69, 9.17) is 0 Å². The van der Waals surface area contributed by atoms with Gasteiger partial charge in [0.2, 0.25) is 0 Å². The first-order valence-electron chi connectivity index (χ1n) is 10.2. The van der Waals surface area contributed by atoms with Crippen molar-refractivity contribution in [1.82, 2.24) is 0 Å². The van der Waals surface area contributed by atoms with Crippen LogP contribution in [0.2, 0.25) is 0 Å². The molecule has 0 spiro atoms. The Bertz CT molecular complexity index is 723. The predicted molar refractivity (Wildman–Crippen MR) is 116 cm³/mol. The van der Waals surface area contributed by atoms with Gasteiger partial charge in [-0.15, -0.1) is 0 Å². The Morgan fingerprint density at radius 1 is 0.828 bits per heavy atom. The number of nitrogens with one attached hydrogen (secondary N) is 3. The molecule has 1 atom stereocenters. The lowest BCUT2D eigenvalue weighted by molar-refractivity contribution is -0.886. The van der Waals surface area contributed by atoms with Crippen LogP contribution in [0.3, 0.4) is 0 Å². The second-order valence-electron chi connectivity index (χ2n) is 7.35. The van der Waals surface area contributed by atoms with Gasteiger partial charge in [-0.3, -0.25) is 9.59 Å². The minimum atomic E-state index is -0.613. The number of carbonyl (C=O) groups excluding carboxylic acids is 2. The summed E-state index contributed by atoms with van der Waals surface area (Å²) in [7, 11) is 0. The zero-order valence-corrected chi connectivity index (χ0v) is 17.5. The maximum absolute atomic E-state index is 12.4. The number of benzene rings is 2. The number of amides is 2. The Kier molecular flexibility index (Phi) is 8.83. The van der Waals surface area contributed by atoms with Gasteiger partial charge in [-0.05, 0) is 55.2 Å². The van der Waals surface area contributed by atoms with Gasteiger partial charge in [0.05, 0.1) is 0 Å². The van der Waals surface area contributed by atoms with Crippen molar-refractivity contribution in [2.75, 3.05) is 30.3 Å². The molecule has 0 unspecified atom stereocenters. The molecule has 0 aromatic heterocycles. The first-order valence-corrected chi connectivity index (χ1v) is 10.2. The highest BCUT2D eigenvalue weighted by atomic mass is 16.3. The van der Waals surface area contributed by atoms with Crippen molar-refractivity contribution in [2.45, 2.75) is 39.7 Å². The molecule has 156 valence electrons. The number of aryl methyl sites for hydroxylation is 2. The fraction of sp³-hybridized carbons (Fsp3) is 0.391. The Morgan fingerprint density at radius 2 is 1.21 bits per heavy atom. The van der Waals surface area contributed by atoms with Gasteiger partial charge >= 0.3 is 0 Å². The molecule has 2 aromatic rings. The predicted octanol–water partition coefficient (Wildman–Crippen LogP) is 1.65. The summed E-state index contributed by atoms with van der Waals surface area (Å²) in [6.07, 6.45) is 1.27. The number of hydrogen-bond acceptors (Lipinski definition) is 3. The minimum absolute atomic E-state index is 0.0998. The number of rotatable bonds is 10. The van der Waals surface area contributed by atoms with Crippen LogP contribution in [-0.2, 0) is 22.4 Å². The van der Waals surface area contributed by atoms with Crippen molar-refractivity contribution in [3.63, 3.8) is 0 Å². The van der Waals surface area contributed by atoms with Crippen molar-refractivity contribution in [3.8, 4) is 0 Å². The van der Waals surface area contributed by atoms with Crippen LogP contribution in [0.15, 0.2) is 48.5 Å². The lowest BCUT2D eigenvalue weighted by atomic mass is 10.1. The number of hydrogen-bond donors (Lipinski definition) is 4. The molecule has 0 bridgehead atoms. The fourth-order valence-electron chi connectivity index (χ4n) is 3.14. The number of quaternary nitrogens is 1. The van der Waals surface area contributed by atoms with E-state index >= 15 is 0 Å². The van der Waals surface area contributed by atoms with Crippen LogP contribution >= 0.6 is 0 Å². The standard InChI is InChI=1S/C23H31N3O3/c1-4-18-6-10-20(11-7-18)24-22(28)15-26(14-17(3)27)16-23(29)25-21-12-8-19(5-2)9-13-21/h6-13,17,27H,4-5,14-16H2,1-3H3,(H,24,28)(H,25,29)/p+1/t17-/m0/s1. The van der Waals surface area contributed by atoms with E-state index in [9.17, 15) is 14.7 Å². The first kappa shape index (κ1) is 22.6. The van der Waals surface area contributed by atoms with Crippen LogP contribution in [-0.4, -0.2) is 42.7 Å². The molecule has 0 fully saturated rings. The number of aliphatic hydroxyl groups is 1. The third kappa shape index (κ3) is 8.05. The summed E-state index contributed by atoms with van der Waals surface area (Å²) >= 11 is 0. The summed E-state index contributed by atoms with van der Waals surface area (Å²) in [5.74, 6) is -0.380. The van der Waals surface area contributed by atoms with Crippen LogP contribution in [0.25, 0.3) is 0 Å². The average Bonchev–Trinajstić information content (AvgIpc) is 2.68. The van der Waals surface area contributed by atoms with Crippen LogP contribution in [0.4, 0.5) is 11.4 Å². The summed E-state index contributed by atoms with van der Waals surface area (Å²) in [5.41, 5.74) is 3.86. The molecule has 0 aliphatic heterocycles. The summed E-state index contributed by atoms with van der Waals surface area (Å²) in [6.45, 7) is 6.32. The molecule has 29 heavy (non-hydrogen) atoms. The lowest BCUT2D eigenvalue weighted by Crippen LogP contribution is -3.15. The Balaban J connectivity index is 1.92. The van der Waals surface area contributed by atoms with E-state index in [-0.39, 0.29) is 24.9 Å². The molecule has 2 aromatic carbocycles. The van der Waals surface area contributed by atoms with Crippen molar-refractivity contribution in [2.24, 2.45) is 0 Å². The van der Waals surface area contributed by atoms with E-state index in [1.54, 1.807) is 6.92 Å². The molecule has 2 amide bonds. The maximum Gasteiger partial charge on any atom is 0.279 e. The number of carbonyl (C=O) groups is 2. The van der Waals surface area contributed by atoms with Crippen LogP contribution in [0, 0.1) is 0 Å². The van der Waals surface area contributed by atoms with Crippen molar-refractivity contribution >= 4 is 23.2 Å². The maximum atomic E-state index is 12.4. The van der Waals surface area contributed by atoms with Gasteiger partial charge in [-0.25, -0.2) is 0 Å². The third-order valence-corrected chi connectivity index (χ3v) is 4.70. The molecule has 6 nitrogen and oxygen atoms in total. The Labute approximate surface area is 172 Å². The molecule has 0 aliphatic carbocycles. The van der Waals surface area contributed by atoms with Gasteiger partial charge in [0.15, 0.2) is 13.1 Å². The highest BCUT2D eigenvalue weighted by Crippen LogP contribution is 2.10. The van der Waals surface area contributed by atoms with E-state index < -0.39 is 6.10 Å². The molecular weight excluding hydrogens is 366 g/mol. The molecule has 2 rings (SSSR count). The Morgan fingerprint density at radius 3 is 1.52 bits per heavy atom. The van der Waals surface area contributed by atoms with Gasteiger partial charge in [-0.1, -0.05) is 38.1 Å². The molecule has 0 heterocycles. The van der Waals surface area contributed by atoms with E-state index in [1.807, 2.05) is 48.5 Å². The topological polar surface area (TPSA) is 82.9 Å². The van der Waals surface area contributed by atoms with E-state index in [0.717, 1.165) is 24.2 Å². The van der Waals surface area contributed by atoms with Crippen LogP contribution in [0.1, 0.15) is 31.9 Å². The molecule has 0 aliphatic rings. The van der Waals surface area contributed by atoms with Crippen LogP contribution in [0.5, 0.6) is 0 Å². The highest BCUT2D eigenvalue weighted by molar-refractivity contribution is 5.93. The second-order valence-corrected chi connectivity index (χ2v) is 7.35. The second kappa shape index (κ2) is 11.3. The van der Waals surface area contributed by atoms with E-state index in [1.165, 1.54) is 11.1 Å². The van der Waals surface area contributed by atoms with Gasteiger partial charge in [0, 0.05) is 11.4 Å². The molecule has 6 heteroatoms. The lowest BCUT2D eigenvalue weighted by Gasteiger charge is -2.20. The average molecular weight is 399 g/mol. The van der Waals surface area contributed by atoms with Crippen LogP contribution < -0.4 is 15.5 Å². The largest absolute Gasteiger partial charge is 0.388 e. The normalized spacial score (nSPS) is 11.9. The summed E-state index contributed by atoms with van der Waals surface area (Å²) in [6, 6.07) is 15.4. The van der Waals surface area contributed by atoms with Gasteiger partial charge in [0.1, 0.15) is 12.6 Å². The minimum Gasteiger partial charge on any atom is -0.388 e.